The largest absolute Gasteiger partial charge is 0.369 e. The molecule has 0 saturated heterocycles. The first-order valence-electron chi connectivity index (χ1n) is 6.10. The molecule has 0 aliphatic carbocycles. The lowest BCUT2D eigenvalue weighted by atomic mass is 10.2. The third kappa shape index (κ3) is 5.61. The van der Waals surface area contributed by atoms with Gasteiger partial charge in [-0.3, -0.25) is 9.13 Å². The highest BCUT2D eigenvalue weighted by Crippen LogP contribution is 2.68. The second-order valence-corrected chi connectivity index (χ2v) is 8.79. The molecule has 0 fully saturated rings. The molecule has 1 unspecified atom stereocenters. The van der Waals surface area contributed by atoms with Gasteiger partial charge in [-0.2, -0.15) is 0 Å². The molecule has 0 saturated carbocycles. The maximum Gasteiger partial charge on any atom is 0.369 e. The number of unbranched alkanes of at least 4 members (excludes halogenated alkanes) is 2. The van der Waals surface area contributed by atoms with Gasteiger partial charge < -0.3 is 29.6 Å². The maximum atomic E-state index is 11.1. The van der Waals surface area contributed by atoms with Crippen LogP contribution in [0.4, 0.5) is 0 Å². The molecule has 0 spiro atoms. The minimum Gasteiger partial charge on any atom is -0.367 e. The minimum absolute atomic E-state index is 0.0659. The van der Waals surface area contributed by atoms with E-state index < -0.39 is 26.7 Å². The van der Waals surface area contributed by atoms with E-state index in [1.807, 2.05) is 6.92 Å². The predicted octanol–water partition coefficient (Wildman–Crippen LogP) is -0.917. The molecule has 0 bridgehead atoms. The molecular weight excluding hydrogens is 296 g/mol. The molecule has 19 heavy (non-hydrogen) atoms. The van der Waals surface area contributed by atoms with E-state index >= 15 is 0 Å². The van der Waals surface area contributed by atoms with Gasteiger partial charge in [0.2, 0.25) is 0 Å². The molecule has 0 aromatic carbocycles. The van der Waals surface area contributed by atoms with E-state index in [2.05, 4.69) is 0 Å². The zero-order valence-electron chi connectivity index (χ0n) is 11.2. The lowest BCUT2D eigenvalue weighted by Crippen LogP contribution is -3.09. The summed E-state index contributed by atoms with van der Waals surface area (Å²) in [6, 6.07) is 0. The van der Waals surface area contributed by atoms with Crippen molar-refractivity contribution in [2.45, 2.75) is 37.7 Å². The van der Waals surface area contributed by atoms with Gasteiger partial charge in [-0.15, -0.1) is 0 Å². The fourth-order valence-electron chi connectivity index (χ4n) is 1.64. The van der Waals surface area contributed by atoms with Gasteiger partial charge in [-0.05, 0) is 12.8 Å². The lowest BCUT2D eigenvalue weighted by molar-refractivity contribution is -0.880. The Balaban J connectivity index is 4.63. The summed E-state index contributed by atoms with van der Waals surface area (Å²) < 4.78 is 22.2. The van der Waals surface area contributed by atoms with Gasteiger partial charge in [0.15, 0.2) is 0 Å². The summed E-state index contributed by atoms with van der Waals surface area (Å²) in [5, 5.41) is 6.38. The van der Waals surface area contributed by atoms with Gasteiger partial charge in [-0.25, -0.2) is 0 Å². The second kappa shape index (κ2) is 7.29. The highest BCUT2D eigenvalue weighted by Gasteiger charge is 2.59. The lowest BCUT2D eigenvalue weighted by Gasteiger charge is -2.29. The monoisotopic (exact) mass is 320 g/mol. The van der Waals surface area contributed by atoms with Crippen molar-refractivity contribution in [3.8, 4) is 0 Å². The SMILES string of the molecule is CCCCC[NH+](C)CCC(O)(P(=O)(O)O)P(=O)(O)O. The van der Waals surface area contributed by atoms with E-state index in [1.54, 1.807) is 7.05 Å². The smallest absolute Gasteiger partial charge is 0.367 e. The molecule has 0 rings (SSSR count). The first-order valence-corrected chi connectivity index (χ1v) is 9.33. The standard InChI is InChI=1S/C9H23NO7P2/c1-3-4-5-7-10(2)8-6-9(11,18(12,13)14)19(15,16)17/h11H,3-8H2,1-2H3,(H2,12,13,14)(H2,15,16,17)/p+1. The van der Waals surface area contributed by atoms with Crippen LogP contribution in [0.1, 0.15) is 32.6 Å². The van der Waals surface area contributed by atoms with Crippen molar-refractivity contribution in [2.24, 2.45) is 0 Å². The molecule has 116 valence electrons. The molecule has 1 atom stereocenters. The third-order valence-electron chi connectivity index (χ3n) is 3.03. The van der Waals surface area contributed by atoms with Gasteiger partial charge in [0.25, 0.3) is 5.08 Å². The molecule has 8 nitrogen and oxygen atoms in total. The van der Waals surface area contributed by atoms with Crippen molar-refractivity contribution in [3.05, 3.63) is 0 Å². The molecule has 0 radical (unpaired) electrons. The summed E-state index contributed by atoms with van der Waals surface area (Å²) in [6.07, 6.45) is 2.30. The number of nitrogens with one attached hydrogen (secondary N) is 1. The number of hydrogen-bond acceptors (Lipinski definition) is 3. The van der Waals surface area contributed by atoms with Gasteiger partial charge in [0, 0.05) is 6.42 Å². The van der Waals surface area contributed by atoms with E-state index in [0.29, 0.717) is 6.54 Å². The number of quaternary nitrogens is 1. The summed E-state index contributed by atoms with van der Waals surface area (Å²) in [7, 11) is -8.89. The van der Waals surface area contributed by atoms with E-state index in [4.69, 9.17) is 19.6 Å². The summed E-state index contributed by atoms with van der Waals surface area (Å²) in [5.41, 5.74) is 0. The topological polar surface area (TPSA) is 140 Å². The fourth-order valence-corrected chi connectivity index (χ4v) is 3.81. The molecule has 0 amide bonds. The third-order valence-corrected chi connectivity index (χ3v) is 6.90. The van der Waals surface area contributed by atoms with Crippen LogP contribution in [-0.4, -0.2) is 49.9 Å². The van der Waals surface area contributed by atoms with Crippen LogP contribution in [0.2, 0.25) is 0 Å². The van der Waals surface area contributed by atoms with Crippen LogP contribution in [0, 0.1) is 0 Å². The average Bonchev–Trinajstić information content (AvgIpc) is 2.23. The van der Waals surface area contributed by atoms with Crippen LogP contribution in [0.5, 0.6) is 0 Å². The van der Waals surface area contributed by atoms with Crippen LogP contribution in [-0.2, 0) is 9.13 Å². The van der Waals surface area contributed by atoms with Gasteiger partial charge >= 0.3 is 15.2 Å². The molecule has 0 aliphatic heterocycles. The maximum absolute atomic E-state index is 11.1. The van der Waals surface area contributed by atoms with Crippen molar-refractivity contribution >= 4 is 15.2 Å². The fraction of sp³-hybridized carbons (Fsp3) is 1.00. The highest BCUT2D eigenvalue weighted by molar-refractivity contribution is 7.72. The van der Waals surface area contributed by atoms with Crippen molar-refractivity contribution in [1.29, 1.82) is 0 Å². The van der Waals surface area contributed by atoms with Crippen molar-refractivity contribution in [3.63, 3.8) is 0 Å². The molecular formula is C9H24NO7P2+. The van der Waals surface area contributed by atoms with E-state index in [1.165, 1.54) is 0 Å². The highest BCUT2D eigenvalue weighted by atomic mass is 31.2. The molecule has 0 aromatic heterocycles. The van der Waals surface area contributed by atoms with Crippen LogP contribution in [0.15, 0.2) is 0 Å². The average molecular weight is 320 g/mol. The molecule has 10 heteroatoms. The molecule has 0 aromatic rings. The molecule has 0 heterocycles. The van der Waals surface area contributed by atoms with Gasteiger partial charge in [0.05, 0.1) is 20.1 Å². The summed E-state index contributed by atoms with van der Waals surface area (Å²) >= 11 is 0. The number of rotatable bonds is 9. The Labute approximate surface area is 112 Å². The second-order valence-electron chi connectivity index (χ2n) is 4.78. The Bertz CT molecular complexity index is 342. The van der Waals surface area contributed by atoms with Crippen LogP contribution < -0.4 is 4.90 Å². The first-order chi connectivity index (χ1) is 8.45. The summed E-state index contributed by atoms with van der Waals surface area (Å²) in [4.78, 5) is 36.7. The zero-order valence-corrected chi connectivity index (χ0v) is 13.0. The minimum atomic E-state index is -5.32. The predicted molar refractivity (Wildman–Crippen MR) is 69.8 cm³/mol. The van der Waals surface area contributed by atoms with E-state index in [-0.39, 0.29) is 6.54 Å². The summed E-state index contributed by atoms with van der Waals surface area (Å²) in [5.74, 6) is 0. The normalized spacial score (nSPS) is 15.5. The number of hydrogen-bond donors (Lipinski definition) is 6. The Morgan fingerprint density at radius 1 is 1.00 bits per heavy atom. The van der Waals surface area contributed by atoms with Crippen LogP contribution in [0.25, 0.3) is 0 Å². The Morgan fingerprint density at radius 2 is 1.47 bits per heavy atom. The van der Waals surface area contributed by atoms with Crippen LogP contribution >= 0.6 is 15.2 Å². The van der Waals surface area contributed by atoms with E-state index in [0.717, 1.165) is 24.2 Å². The quantitative estimate of drug-likeness (QED) is 0.238. The Hall–Kier alpha value is 0.220. The molecule has 6 N–H and O–H groups in total. The first kappa shape index (κ1) is 19.2. The zero-order chi connectivity index (χ0) is 15.3. The van der Waals surface area contributed by atoms with Crippen LogP contribution in [0.3, 0.4) is 0 Å². The number of aliphatic hydroxyl groups is 1. The van der Waals surface area contributed by atoms with Crippen molar-refractivity contribution in [1.82, 2.24) is 0 Å². The Morgan fingerprint density at radius 3 is 1.84 bits per heavy atom. The Kier molecular flexibility index (Phi) is 7.38. The summed E-state index contributed by atoms with van der Waals surface area (Å²) in [6.45, 7) is 2.82. The van der Waals surface area contributed by atoms with Gasteiger partial charge in [-0.1, -0.05) is 13.3 Å². The molecule has 0 aliphatic rings. The van der Waals surface area contributed by atoms with Crippen molar-refractivity contribution < 1.29 is 38.7 Å². The van der Waals surface area contributed by atoms with E-state index in [9.17, 15) is 14.2 Å². The van der Waals surface area contributed by atoms with Gasteiger partial charge in [0.1, 0.15) is 0 Å². The van der Waals surface area contributed by atoms with Crippen molar-refractivity contribution in [2.75, 3.05) is 20.1 Å².